The van der Waals surface area contributed by atoms with E-state index in [0.29, 0.717) is 42.6 Å². The van der Waals surface area contributed by atoms with Crippen LogP contribution in [-0.2, 0) is 9.47 Å². The molecule has 4 rings (SSSR count). The molecule has 184 valence electrons. The topological polar surface area (TPSA) is 27.7 Å². The van der Waals surface area contributed by atoms with E-state index in [9.17, 15) is 8.78 Å². The second-order valence-electron chi connectivity index (χ2n) is 10.2. The number of rotatable bonds is 8. The van der Waals surface area contributed by atoms with Crippen LogP contribution in [0.25, 0.3) is 0 Å². The van der Waals surface area contributed by atoms with Gasteiger partial charge in [-0.2, -0.15) is 4.39 Å². The zero-order chi connectivity index (χ0) is 23.2. The Morgan fingerprint density at radius 2 is 1.73 bits per heavy atom. The average molecular weight is 463 g/mol. The number of ether oxygens (including phenoxy) is 3. The highest BCUT2D eigenvalue weighted by Gasteiger charge is 2.34. The highest BCUT2D eigenvalue weighted by molar-refractivity contribution is 5.33. The van der Waals surface area contributed by atoms with Crippen LogP contribution < -0.4 is 4.74 Å². The lowest BCUT2D eigenvalue weighted by atomic mass is 9.79. The first kappa shape index (κ1) is 24.7. The van der Waals surface area contributed by atoms with Crippen molar-refractivity contribution < 1.29 is 23.0 Å². The Hall–Kier alpha value is -1.46. The van der Waals surface area contributed by atoms with Crippen LogP contribution in [0.2, 0.25) is 0 Å². The first-order valence-corrected chi connectivity index (χ1v) is 13.0. The third kappa shape index (κ3) is 6.16. The van der Waals surface area contributed by atoms with E-state index >= 15 is 0 Å². The number of benzene rings is 1. The van der Waals surface area contributed by atoms with E-state index < -0.39 is 11.6 Å². The molecule has 33 heavy (non-hydrogen) atoms. The van der Waals surface area contributed by atoms with Crippen LogP contribution in [0.5, 0.6) is 5.75 Å². The Balaban J connectivity index is 1.18. The van der Waals surface area contributed by atoms with Gasteiger partial charge in [-0.1, -0.05) is 12.1 Å². The molecule has 2 unspecified atom stereocenters. The zero-order valence-electron chi connectivity index (χ0n) is 20.1. The maximum Gasteiger partial charge on any atom is 0.200 e. The molecule has 1 saturated heterocycles. The SMILES string of the molecule is C=CC1CCC(COC2CCC(C3CCC(c4ccc(OCC)c(F)c4F)CO3)CC2)CC1. The summed E-state index contributed by atoms with van der Waals surface area (Å²) in [5.74, 6) is 0.184. The number of allylic oxidation sites excluding steroid dienone is 1. The zero-order valence-corrected chi connectivity index (χ0v) is 20.1. The lowest BCUT2D eigenvalue weighted by molar-refractivity contribution is -0.0634. The molecule has 0 N–H and O–H groups in total. The smallest absolute Gasteiger partial charge is 0.200 e. The summed E-state index contributed by atoms with van der Waals surface area (Å²) in [7, 11) is 0. The molecule has 1 heterocycles. The van der Waals surface area contributed by atoms with Crippen LogP contribution in [0, 0.1) is 29.4 Å². The first-order chi connectivity index (χ1) is 16.1. The predicted molar refractivity (Wildman–Crippen MR) is 127 cm³/mol. The minimum atomic E-state index is -0.886. The third-order valence-electron chi connectivity index (χ3n) is 8.16. The van der Waals surface area contributed by atoms with E-state index in [2.05, 4.69) is 12.7 Å². The van der Waals surface area contributed by atoms with Gasteiger partial charge >= 0.3 is 0 Å². The van der Waals surface area contributed by atoms with Gasteiger partial charge in [0, 0.05) is 12.5 Å². The summed E-state index contributed by atoms with van der Waals surface area (Å²) in [5.41, 5.74) is 0.411. The Kier molecular flexibility index (Phi) is 8.81. The second kappa shape index (κ2) is 11.8. The van der Waals surface area contributed by atoms with E-state index in [1.807, 2.05) is 0 Å². The van der Waals surface area contributed by atoms with E-state index in [-0.39, 0.29) is 17.8 Å². The molecular weight excluding hydrogens is 422 g/mol. The Labute approximate surface area is 197 Å². The van der Waals surface area contributed by atoms with Gasteiger partial charge in [0.2, 0.25) is 5.82 Å². The fraction of sp³-hybridized carbons (Fsp3) is 0.714. The fourth-order valence-electron chi connectivity index (χ4n) is 6.01. The molecule has 2 atom stereocenters. The van der Waals surface area contributed by atoms with Crippen molar-refractivity contribution in [3.05, 3.63) is 42.0 Å². The van der Waals surface area contributed by atoms with Crippen molar-refractivity contribution >= 4 is 0 Å². The van der Waals surface area contributed by atoms with Crippen LogP contribution in [-0.4, -0.2) is 32.0 Å². The molecule has 3 aliphatic rings. The minimum Gasteiger partial charge on any atom is -0.491 e. The van der Waals surface area contributed by atoms with Crippen molar-refractivity contribution in [2.45, 2.75) is 89.3 Å². The largest absolute Gasteiger partial charge is 0.491 e. The fourth-order valence-corrected chi connectivity index (χ4v) is 6.01. The molecule has 3 fully saturated rings. The Bertz CT molecular complexity index is 759. The van der Waals surface area contributed by atoms with Gasteiger partial charge < -0.3 is 14.2 Å². The lowest BCUT2D eigenvalue weighted by Crippen LogP contribution is -2.35. The van der Waals surface area contributed by atoms with Gasteiger partial charge in [0.1, 0.15) is 0 Å². The monoisotopic (exact) mass is 462 g/mol. The van der Waals surface area contributed by atoms with Crippen LogP contribution in [0.15, 0.2) is 24.8 Å². The minimum absolute atomic E-state index is 0.0169. The predicted octanol–water partition coefficient (Wildman–Crippen LogP) is 7.19. The van der Waals surface area contributed by atoms with Crippen molar-refractivity contribution in [1.29, 1.82) is 0 Å². The van der Waals surface area contributed by atoms with E-state index in [4.69, 9.17) is 14.2 Å². The average Bonchev–Trinajstić information content (AvgIpc) is 2.87. The van der Waals surface area contributed by atoms with Crippen LogP contribution in [0.1, 0.15) is 82.6 Å². The van der Waals surface area contributed by atoms with E-state index in [1.165, 1.54) is 31.7 Å². The van der Waals surface area contributed by atoms with Crippen LogP contribution in [0.3, 0.4) is 0 Å². The molecule has 2 aliphatic carbocycles. The molecule has 1 aliphatic heterocycles. The van der Waals surface area contributed by atoms with Gasteiger partial charge in [-0.3, -0.25) is 0 Å². The van der Waals surface area contributed by atoms with Gasteiger partial charge in [-0.25, -0.2) is 4.39 Å². The van der Waals surface area contributed by atoms with Crippen molar-refractivity contribution in [2.24, 2.45) is 17.8 Å². The van der Waals surface area contributed by atoms with Crippen molar-refractivity contribution in [2.75, 3.05) is 19.8 Å². The van der Waals surface area contributed by atoms with Crippen molar-refractivity contribution in [1.82, 2.24) is 0 Å². The van der Waals surface area contributed by atoms with Crippen LogP contribution in [0.4, 0.5) is 8.78 Å². The van der Waals surface area contributed by atoms with Gasteiger partial charge in [-0.05, 0) is 101 Å². The van der Waals surface area contributed by atoms with Gasteiger partial charge in [0.15, 0.2) is 11.6 Å². The molecule has 1 aromatic carbocycles. The normalized spacial score (nSPS) is 32.9. The number of hydrogen-bond acceptors (Lipinski definition) is 3. The molecule has 0 radical (unpaired) electrons. The summed E-state index contributed by atoms with van der Waals surface area (Å²) in [5, 5.41) is 0. The van der Waals surface area contributed by atoms with E-state index in [1.54, 1.807) is 13.0 Å². The van der Waals surface area contributed by atoms with Gasteiger partial charge in [0.25, 0.3) is 0 Å². The van der Waals surface area contributed by atoms with Gasteiger partial charge in [-0.15, -0.1) is 6.58 Å². The molecule has 0 spiro atoms. The summed E-state index contributed by atoms with van der Waals surface area (Å²) in [4.78, 5) is 0. The van der Waals surface area contributed by atoms with E-state index in [0.717, 1.165) is 45.1 Å². The van der Waals surface area contributed by atoms with Gasteiger partial charge in [0.05, 0.1) is 25.4 Å². The summed E-state index contributed by atoms with van der Waals surface area (Å²) >= 11 is 0. The maximum atomic E-state index is 14.6. The molecule has 5 heteroatoms. The number of halogens is 2. The maximum absolute atomic E-state index is 14.6. The standard InChI is InChI=1S/C28H40F2O3/c1-3-19-5-7-20(8-6-19)17-32-23-12-9-21(10-13-23)25-15-11-22(18-33-25)24-14-16-26(31-4-2)28(30)27(24)29/h3,14,16,19-23,25H,1,4-13,15,17-18H2,2H3. The summed E-state index contributed by atoms with van der Waals surface area (Å²) < 4.78 is 46.5. The Morgan fingerprint density at radius 1 is 0.970 bits per heavy atom. The summed E-state index contributed by atoms with van der Waals surface area (Å²) in [6.07, 6.45) is 14.0. The molecule has 3 nitrogen and oxygen atoms in total. The molecule has 0 aromatic heterocycles. The highest BCUT2D eigenvalue weighted by Crippen LogP contribution is 2.39. The molecule has 0 bridgehead atoms. The molecular formula is C28H40F2O3. The molecule has 0 amide bonds. The first-order valence-electron chi connectivity index (χ1n) is 13.0. The highest BCUT2D eigenvalue weighted by atomic mass is 19.2. The number of hydrogen-bond donors (Lipinski definition) is 0. The Morgan fingerprint density at radius 3 is 2.36 bits per heavy atom. The quantitative estimate of drug-likeness (QED) is 0.383. The van der Waals surface area contributed by atoms with Crippen LogP contribution >= 0.6 is 0 Å². The van der Waals surface area contributed by atoms with Crippen molar-refractivity contribution in [3.8, 4) is 5.75 Å². The lowest BCUT2D eigenvalue weighted by Gasteiger charge is -2.38. The summed E-state index contributed by atoms with van der Waals surface area (Å²) in [6, 6.07) is 3.19. The molecule has 1 aromatic rings. The summed E-state index contributed by atoms with van der Waals surface area (Å²) in [6.45, 7) is 7.37. The second-order valence-corrected chi connectivity index (χ2v) is 10.2. The van der Waals surface area contributed by atoms with Crippen molar-refractivity contribution in [3.63, 3.8) is 0 Å². The third-order valence-corrected chi connectivity index (χ3v) is 8.16. The molecule has 2 saturated carbocycles.